The summed E-state index contributed by atoms with van der Waals surface area (Å²) in [5, 5.41) is 11.4. The molecule has 2 N–H and O–H groups in total. The third-order valence-electron chi connectivity index (χ3n) is 2.59. The minimum absolute atomic E-state index is 0.104. The number of carbonyl (C=O) groups excluding carboxylic acids is 1. The van der Waals surface area contributed by atoms with Crippen LogP contribution in [0.3, 0.4) is 0 Å². The molecule has 1 rings (SSSR count). The Morgan fingerprint density at radius 3 is 2.56 bits per heavy atom. The Balaban J connectivity index is 1.97. The van der Waals surface area contributed by atoms with Gasteiger partial charge in [0.1, 0.15) is 0 Å². The lowest BCUT2D eigenvalue weighted by Gasteiger charge is -2.15. The summed E-state index contributed by atoms with van der Waals surface area (Å²) in [7, 11) is 1.91. The molecule has 0 bridgehead atoms. The van der Waals surface area contributed by atoms with Crippen LogP contribution in [0.1, 0.15) is 32.1 Å². The van der Waals surface area contributed by atoms with Crippen LogP contribution in [0.25, 0.3) is 0 Å². The van der Waals surface area contributed by atoms with Crippen molar-refractivity contribution in [3.63, 3.8) is 0 Å². The zero-order valence-electron chi connectivity index (χ0n) is 9.74. The smallest absolute Gasteiger partial charge is 0.303 e. The molecule has 0 spiro atoms. The van der Waals surface area contributed by atoms with E-state index in [9.17, 15) is 9.59 Å². The molecule has 1 amide bonds. The average molecular weight is 228 g/mol. The van der Waals surface area contributed by atoms with E-state index in [1.54, 1.807) is 0 Å². The summed E-state index contributed by atoms with van der Waals surface area (Å²) in [4.78, 5) is 23.6. The van der Waals surface area contributed by atoms with Gasteiger partial charge in [-0.1, -0.05) is 0 Å². The van der Waals surface area contributed by atoms with Crippen LogP contribution >= 0.6 is 0 Å². The highest BCUT2D eigenvalue weighted by Gasteiger charge is 2.22. The van der Waals surface area contributed by atoms with Crippen molar-refractivity contribution in [2.24, 2.45) is 0 Å². The van der Waals surface area contributed by atoms with Gasteiger partial charge in [0.15, 0.2) is 0 Å². The molecule has 5 heteroatoms. The van der Waals surface area contributed by atoms with E-state index in [4.69, 9.17) is 5.11 Å². The van der Waals surface area contributed by atoms with Crippen LogP contribution in [0.15, 0.2) is 0 Å². The number of carboxylic acids is 1. The number of nitrogens with one attached hydrogen (secondary N) is 1. The molecule has 0 aromatic carbocycles. The normalized spacial score (nSPS) is 15.1. The largest absolute Gasteiger partial charge is 0.481 e. The molecule has 1 fully saturated rings. The van der Waals surface area contributed by atoms with E-state index in [1.807, 2.05) is 11.9 Å². The molecule has 0 aromatic rings. The minimum Gasteiger partial charge on any atom is -0.481 e. The van der Waals surface area contributed by atoms with E-state index in [0.29, 0.717) is 25.4 Å². The number of amides is 1. The fourth-order valence-electron chi connectivity index (χ4n) is 1.43. The van der Waals surface area contributed by atoms with Gasteiger partial charge in [0, 0.05) is 25.4 Å². The van der Waals surface area contributed by atoms with Gasteiger partial charge in [-0.05, 0) is 32.9 Å². The number of nitrogens with zero attached hydrogens (tertiary/aromatic N) is 1. The monoisotopic (exact) mass is 228 g/mol. The lowest BCUT2D eigenvalue weighted by Crippen LogP contribution is -2.30. The molecule has 0 unspecified atom stereocenters. The Kier molecular flexibility index (Phi) is 5.25. The molecular weight excluding hydrogens is 208 g/mol. The molecule has 92 valence electrons. The number of carbonyl (C=O) groups is 2. The number of aliphatic carboxylic acids is 1. The van der Waals surface area contributed by atoms with Crippen molar-refractivity contribution >= 4 is 11.9 Å². The summed E-state index contributed by atoms with van der Waals surface area (Å²) in [6.45, 7) is 1.42. The third-order valence-corrected chi connectivity index (χ3v) is 2.59. The van der Waals surface area contributed by atoms with Gasteiger partial charge in [0.25, 0.3) is 0 Å². The van der Waals surface area contributed by atoms with Gasteiger partial charge in [-0.3, -0.25) is 9.59 Å². The first-order chi connectivity index (χ1) is 7.58. The molecule has 1 aliphatic carbocycles. The van der Waals surface area contributed by atoms with Gasteiger partial charge in [0.05, 0.1) is 0 Å². The molecule has 1 aliphatic rings. The Labute approximate surface area is 95.8 Å². The highest BCUT2D eigenvalue weighted by Crippen LogP contribution is 2.18. The van der Waals surface area contributed by atoms with Gasteiger partial charge >= 0.3 is 5.97 Å². The first-order valence-corrected chi connectivity index (χ1v) is 5.77. The SMILES string of the molecule is CN(CCCC(=O)O)CCC(=O)NC1CC1. The average Bonchev–Trinajstić information content (AvgIpc) is 2.98. The van der Waals surface area contributed by atoms with Crippen molar-refractivity contribution in [2.45, 2.75) is 38.1 Å². The lowest BCUT2D eigenvalue weighted by molar-refractivity contribution is -0.137. The topological polar surface area (TPSA) is 69.6 Å². The Morgan fingerprint density at radius 1 is 1.31 bits per heavy atom. The fraction of sp³-hybridized carbons (Fsp3) is 0.818. The summed E-state index contributed by atoms with van der Waals surface area (Å²) in [5.41, 5.74) is 0. The molecule has 16 heavy (non-hydrogen) atoms. The molecule has 0 aromatic heterocycles. The van der Waals surface area contributed by atoms with Gasteiger partial charge in [-0.15, -0.1) is 0 Å². The number of carboxylic acid groups (broad SMARTS) is 1. The second kappa shape index (κ2) is 6.48. The van der Waals surface area contributed by atoms with E-state index in [-0.39, 0.29) is 12.3 Å². The summed E-state index contributed by atoms with van der Waals surface area (Å²) in [6.07, 6.45) is 3.55. The second-order valence-electron chi connectivity index (χ2n) is 4.39. The molecule has 0 saturated heterocycles. The zero-order chi connectivity index (χ0) is 12.0. The van der Waals surface area contributed by atoms with Crippen molar-refractivity contribution < 1.29 is 14.7 Å². The molecule has 0 aliphatic heterocycles. The van der Waals surface area contributed by atoms with E-state index >= 15 is 0 Å². The maximum absolute atomic E-state index is 11.3. The third kappa shape index (κ3) is 6.40. The number of rotatable bonds is 8. The summed E-state index contributed by atoms with van der Waals surface area (Å²) < 4.78 is 0. The highest BCUT2D eigenvalue weighted by molar-refractivity contribution is 5.76. The number of hydrogen-bond donors (Lipinski definition) is 2. The molecule has 0 atom stereocenters. The predicted octanol–water partition coefficient (Wildman–Crippen LogP) is 0.452. The Bertz CT molecular complexity index is 252. The van der Waals surface area contributed by atoms with Crippen LogP contribution in [0, 0.1) is 0 Å². The summed E-state index contributed by atoms with van der Waals surface area (Å²) in [5.74, 6) is -0.660. The van der Waals surface area contributed by atoms with E-state index in [0.717, 1.165) is 19.4 Å². The van der Waals surface area contributed by atoms with Crippen LogP contribution in [0.5, 0.6) is 0 Å². The first-order valence-electron chi connectivity index (χ1n) is 5.77. The molecule has 1 saturated carbocycles. The van der Waals surface area contributed by atoms with Crippen LogP contribution in [-0.2, 0) is 9.59 Å². The van der Waals surface area contributed by atoms with Crippen molar-refractivity contribution in [1.82, 2.24) is 10.2 Å². The molecule has 0 radical (unpaired) electrons. The maximum atomic E-state index is 11.3. The fourth-order valence-corrected chi connectivity index (χ4v) is 1.43. The standard InChI is InChI=1S/C11H20N2O3/c1-13(7-2-3-11(15)16)8-6-10(14)12-9-4-5-9/h9H,2-8H2,1H3,(H,12,14)(H,15,16). The maximum Gasteiger partial charge on any atom is 0.303 e. The number of hydrogen-bond acceptors (Lipinski definition) is 3. The first kappa shape index (κ1) is 13.0. The van der Waals surface area contributed by atoms with Gasteiger partial charge < -0.3 is 15.3 Å². The van der Waals surface area contributed by atoms with Crippen molar-refractivity contribution in [1.29, 1.82) is 0 Å². The Hall–Kier alpha value is -1.10. The lowest BCUT2D eigenvalue weighted by atomic mass is 10.3. The van der Waals surface area contributed by atoms with E-state index in [1.165, 1.54) is 0 Å². The van der Waals surface area contributed by atoms with Crippen LogP contribution in [-0.4, -0.2) is 48.1 Å². The summed E-state index contributed by atoms with van der Waals surface area (Å²) >= 11 is 0. The van der Waals surface area contributed by atoms with Gasteiger partial charge in [-0.2, -0.15) is 0 Å². The Morgan fingerprint density at radius 2 is 2.00 bits per heavy atom. The quantitative estimate of drug-likeness (QED) is 0.633. The molecule has 5 nitrogen and oxygen atoms in total. The predicted molar refractivity (Wildman–Crippen MR) is 60.1 cm³/mol. The van der Waals surface area contributed by atoms with E-state index in [2.05, 4.69) is 5.32 Å². The van der Waals surface area contributed by atoms with E-state index < -0.39 is 5.97 Å². The van der Waals surface area contributed by atoms with Crippen molar-refractivity contribution in [3.05, 3.63) is 0 Å². The van der Waals surface area contributed by atoms with Crippen LogP contribution < -0.4 is 5.32 Å². The van der Waals surface area contributed by atoms with Crippen LogP contribution in [0.4, 0.5) is 0 Å². The summed E-state index contributed by atoms with van der Waals surface area (Å²) in [6, 6.07) is 0.421. The van der Waals surface area contributed by atoms with Gasteiger partial charge in [-0.25, -0.2) is 0 Å². The van der Waals surface area contributed by atoms with Gasteiger partial charge in [0.2, 0.25) is 5.91 Å². The van der Waals surface area contributed by atoms with Crippen molar-refractivity contribution in [2.75, 3.05) is 20.1 Å². The van der Waals surface area contributed by atoms with Crippen LogP contribution in [0.2, 0.25) is 0 Å². The van der Waals surface area contributed by atoms with Crippen molar-refractivity contribution in [3.8, 4) is 0 Å². The zero-order valence-corrected chi connectivity index (χ0v) is 9.74. The molecular formula is C11H20N2O3. The molecule has 0 heterocycles. The minimum atomic E-state index is -0.764. The second-order valence-corrected chi connectivity index (χ2v) is 4.39. The highest BCUT2D eigenvalue weighted by atomic mass is 16.4.